The molecule has 0 radical (unpaired) electrons. The maximum Gasteiger partial charge on any atom is 0.308 e. The minimum atomic E-state index is -3.80. The van der Waals surface area contributed by atoms with Gasteiger partial charge in [-0.05, 0) is 61.1 Å². The van der Waals surface area contributed by atoms with Gasteiger partial charge in [0, 0.05) is 31.7 Å². The van der Waals surface area contributed by atoms with E-state index in [1.54, 1.807) is 22.8 Å². The Morgan fingerprint density at radius 1 is 1.06 bits per heavy atom. The van der Waals surface area contributed by atoms with E-state index in [9.17, 15) is 18.0 Å². The lowest BCUT2D eigenvalue weighted by Gasteiger charge is -2.26. The highest BCUT2D eigenvalue weighted by Crippen LogP contribution is 2.25. The standard InChI is InChI=1S/C24H29N3O4S2/c1-17(2)18-6-8-19(9-7-18)25-33(30,31)20-10-11-21-22(16-20)32-24(29)27(21)15-12-23(28)26-13-4-3-5-14-26/h6-11,16-17,25H,3-5,12-15H2,1-2H3. The van der Waals surface area contributed by atoms with Crippen LogP contribution in [0.1, 0.15) is 51.0 Å². The molecule has 1 saturated heterocycles. The molecule has 176 valence electrons. The summed E-state index contributed by atoms with van der Waals surface area (Å²) in [4.78, 5) is 26.8. The van der Waals surface area contributed by atoms with E-state index < -0.39 is 10.0 Å². The Morgan fingerprint density at radius 2 is 1.76 bits per heavy atom. The zero-order valence-electron chi connectivity index (χ0n) is 18.9. The van der Waals surface area contributed by atoms with Gasteiger partial charge in [-0.3, -0.25) is 18.9 Å². The number of likely N-dealkylation sites (tertiary alicyclic amines) is 1. The van der Waals surface area contributed by atoms with Crippen LogP contribution in [0.4, 0.5) is 5.69 Å². The third kappa shape index (κ3) is 5.30. The second-order valence-electron chi connectivity index (χ2n) is 8.72. The van der Waals surface area contributed by atoms with E-state index in [4.69, 9.17) is 0 Å². The zero-order valence-corrected chi connectivity index (χ0v) is 20.5. The second kappa shape index (κ2) is 9.69. The number of nitrogens with zero attached hydrogens (tertiary/aromatic N) is 2. The summed E-state index contributed by atoms with van der Waals surface area (Å²) in [5, 5.41) is 0. The predicted molar refractivity (Wildman–Crippen MR) is 132 cm³/mol. The van der Waals surface area contributed by atoms with E-state index in [0.717, 1.165) is 49.3 Å². The Labute approximate surface area is 198 Å². The van der Waals surface area contributed by atoms with Crippen LogP contribution >= 0.6 is 11.3 Å². The first-order valence-electron chi connectivity index (χ1n) is 11.3. The van der Waals surface area contributed by atoms with Gasteiger partial charge in [0.2, 0.25) is 5.91 Å². The van der Waals surface area contributed by atoms with Crippen LogP contribution in [0.3, 0.4) is 0 Å². The monoisotopic (exact) mass is 487 g/mol. The molecular formula is C24H29N3O4S2. The molecule has 9 heteroatoms. The number of carbonyl (C=O) groups is 1. The Bertz CT molecular complexity index is 1300. The first kappa shape index (κ1) is 23.5. The number of hydrogen-bond donors (Lipinski definition) is 1. The molecule has 1 amide bonds. The summed E-state index contributed by atoms with van der Waals surface area (Å²) in [5.74, 6) is 0.424. The third-order valence-electron chi connectivity index (χ3n) is 6.04. The van der Waals surface area contributed by atoms with Crippen LogP contribution in [0.5, 0.6) is 0 Å². The fraction of sp³-hybridized carbons (Fsp3) is 0.417. The van der Waals surface area contributed by atoms with E-state index in [1.807, 2.05) is 17.0 Å². The number of nitrogens with one attached hydrogen (secondary N) is 1. The maximum atomic E-state index is 12.9. The van der Waals surface area contributed by atoms with Crippen LogP contribution in [-0.4, -0.2) is 36.9 Å². The van der Waals surface area contributed by atoms with Crippen molar-refractivity contribution in [1.29, 1.82) is 0 Å². The van der Waals surface area contributed by atoms with Gasteiger partial charge in [0.1, 0.15) is 0 Å². The van der Waals surface area contributed by atoms with Crippen LogP contribution in [0, 0.1) is 0 Å². The molecule has 2 heterocycles. The van der Waals surface area contributed by atoms with Gasteiger partial charge in [-0.1, -0.05) is 37.3 Å². The molecule has 1 fully saturated rings. The Hall–Kier alpha value is -2.65. The van der Waals surface area contributed by atoms with Crippen LogP contribution in [0.2, 0.25) is 0 Å². The molecule has 2 aromatic carbocycles. The van der Waals surface area contributed by atoms with E-state index in [0.29, 0.717) is 28.4 Å². The van der Waals surface area contributed by atoms with Crippen molar-refractivity contribution in [2.45, 2.75) is 56.9 Å². The summed E-state index contributed by atoms with van der Waals surface area (Å²) in [6.45, 7) is 6.02. The molecule has 0 bridgehead atoms. The smallest absolute Gasteiger partial charge is 0.308 e. The van der Waals surface area contributed by atoms with Crippen LogP contribution in [0.15, 0.2) is 52.2 Å². The van der Waals surface area contributed by atoms with Gasteiger partial charge < -0.3 is 4.90 Å². The van der Waals surface area contributed by atoms with E-state index in [1.165, 1.54) is 12.1 Å². The van der Waals surface area contributed by atoms with E-state index >= 15 is 0 Å². The molecule has 33 heavy (non-hydrogen) atoms. The number of hydrogen-bond acceptors (Lipinski definition) is 5. The largest absolute Gasteiger partial charge is 0.343 e. The molecule has 1 aliphatic heterocycles. The number of anilines is 1. The van der Waals surface area contributed by atoms with Crippen molar-refractivity contribution in [3.8, 4) is 0 Å². The minimum absolute atomic E-state index is 0.0628. The lowest BCUT2D eigenvalue weighted by atomic mass is 10.0. The van der Waals surface area contributed by atoms with Gasteiger partial charge >= 0.3 is 4.87 Å². The fourth-order valence-electron chi connectivity index (χ4n) is 4.08. The molecule has 1 N–H and O–H groups in total. The van der Waals surface area contributed by atoms with E-state index in [2.05, 4.69) is 18.6 Å². The molecule has 0 aliphatic carbocycles. The number of sulfonamides is 1. The highest BCUT2D eigenvalue weighted by atomic mass is 32.2. The fourth-order valence-corrected chi connectivity index (χ4v) is 6.20. The molecule has 7 nitrogen and oxygen atoms in total. The quantitative estimate of drug-likeness (QED) is 0.535. The number of benzene rings is 2. The lowest BCUT2D eigenvalue weighted by Crippen LogP contribution is -2.36. The highest BCUT2D eigenvalue weighted by Gasteiger charge is 2.19. The Kier molecular flexibility index (Phi) is 6.90. The molecular weight excluding hydrogens is 458 g/mol. The number of carbonyl (C=O) groups excluding carboxylic acids is 1. The van der Waals surface area contributed by atoms with Gasteiger partial charge in [-0.15, -0.1) is 0 Å². The van der Waals surface area contributed by atoms with E-state index in [-0.39, 0.29) is 22.1 Å². The Morgan fingerprint density at radius 3 is 2.42 bits per heavy atom. The summed E-state index contributed by atoms with van der Waals surface area (Å²) in [6, 6.07) is 12.0. The SMILES string of the molecule is CC(C)c1ccc(NS(=O)(=O)c2ccc3c(c2)sc(=O)n3CCC(=O)N2CCCCC2)cc1. The van der Waals surface area contributed by atoms with Crippen LogP contribution in [0.25, 0.3) is 10.2 Å². The molecule has 0 spiro atoms. The number of fused-ring (bicyclic) bond motifs is 1. The van der Waals surface area contributed by atoms with Gasteiger partial charge in [0.15, 0.2) is 0 Å². The normalized spacial score (nSPS) is 14.7. The Balaban J connectivity index is 1.51. The van der Waals surface area contributed by atoms with Crippen molar-refractivity contribution < 1.29 is 13.2 Å². The topological polar surface area (TPSA) is 88.5 Å². The van der Waals surface area contributed by atoms with Crippen LogP contribution < -0.4 is 9.60 Å². The lowest BCUT2D eigenvalue weighted by molar-refractivity contribution is -0.132. The number of thiazole rings is 1. The number of rotatable bonds is 7. The van der Waals surface area contributed by atoms with Gasteiger partial charge in [0.25, 0.3) is 10.0 Å². The summed E-state index contributed by atoms with van der Waals surface area (Å²) in [6.07, 6.45) is 3.47. The molecule has 0 atom stereocenters. The summed E-state index contributed by atoms with van der Waals surface area (Å²) in [7, 11) is -3.80. The third-order valence-corrected chi connectivity index (χ3v) is 8.36. The number of amides is 1. The summed E-state index contributed by atoms with van der Waals surface area (Å²) < 4.78 is 30.6. The average molecular weight is 488 g/mol. The van der Waals surface area contributed by atoms with Crippen LogP contribution in [-0.2, 0) is 21.4 Å². The van der Waals surface area contributed by atoms with Crippen molar-refractivity contribution in [1.82, 2.24) is 9.47 Å². The minimum Gasteiger partial charge on any atom is -0.343 e. The van der Waals surface area contributed by atoms with Crippen molar-refractivity contribution in [3.63, 3.8) is 0 Å². The number of aromatic nitrogens is 1. The summed E-state index contributed by atoms with van der Waals surface area (Å²) >= 11 is 0.998. The molecule has 0 unspecified atom stereocenters. The first-order chi connectivity index (χ1) is 15.7. The first-order valence-corrected chi connectivity index (χ1v) is 13.6. The van der Waals surface area contributed by atoms with Gasteiger partial charge in [-0.2, -0.15) is 0 Å². The van der Waals surface area contributed by atoms with Crippen molar-refractivity contribution in [3.05, 3.63) is 57.7 Å². The maximum absolute atomic E-state index is 12.9. The van der Waals surface area contributed by atoms with Crippen molar-refractivity contribution >= 4 is 43.2 Å². The molecule has 4 rings (SSSR count). The second-order valence-corrected chi connectivity index (χ2v) is 11.4. The number of aryl methyl sites for hydroxylation is 1. The van der Waals surface area contributed by atoms with Gasteiger partial charge in [0.05, 0.1) is 15.1 Å². The zero-order chi connectivity index (χ0) is 23.6. The molecule has 0 saturated carbocycles. The molecule has 1 aromatic heterocycles. The van der Waals surface area contributed by atoms with Gasteiger partial charge in [-0.25, -0.2) is 8.42 Å². The predicted octanol–water partition coefficient (Wildman–Crippen LogP) is 4.39. The molecule has 3 aromatic rings. The highest BCUT2D eigenvalue weighted by molar-refractivity contribution is 7.92. The van der Waals surface area contributed by atoms with Crippen molar-refractivity contribution in [2.75, 3.05) is 17.8 Å². The molecule has 1 aliphatic rings. The summed E-state index contributed by atoms with van der Waals surface area (Å²) in [5.41, 5.74) is 2.27. The number of piperidine rings is 1. The average Bonchev–Trinajstić information content (AvgIpc) is 3.12. The van der Waals surface area contributed by atoms with Crippen molar-refractivity contribution in [2.24, 2.45) is 0 Å².